The summed E-state index contributed by atoms with van der Waals surface area (Å²) in [4.78, 5) is 26.8. The van der Waals surface area contributed by atoms with Crippen molar-refractivity contribution in [1.29, 1.82) is 5.26 Å². The molecule has 1 aliphatic heterocycles. The minimum Gasteiger partial charge on any atom is -0.493 e. The van der Waals surface area contributed by atoms with Gasteiger partial charge in [-0.3, -0.25) is 14.5 Å². The van der Waals surface area contributed by atoms with Crippen LogP contribution < -0.4 is 9.47 Å². The Morgan fingerprint density at radius 2 is 1.78 bits per heavy atom. The number of methoxy groups -OCH3 is 1. The third kappa shape index (κ3) is 4.89. The number of nitrogens with zero attached hydrogens (tertiary/aromatic N) is 2. The lowest BCUT2D eigenvalue weighted by atomic mass is 9.93. The van der Waals surface area contributed by atoms with Crippen molar-refractivity contribution in [3.8, 4) is 17.6 Å². The highest BCUT2D eigenvalue weighted by Gasteiger charge is 2.35. The highest BCUT2D eigenvalue weighted by molar-refractivity contribution is 6.19. The third-order valence-electron chi connectivity index (χ3n) is 5.11. The second kappa shape index (κ2) is 9.97. The third-order valence-corrected chi connectivity index (χ3v) is 5.11. The minimum absolute atomic E-state index is 0.00807. The largest absolute Gasteiger partial charge is 0.493 e. The molecule has 32 heavy (non-hydrogen) atoms. The van der Waals surface area contributed by atoms with Gasteiger partial charge >= 0.3 is 0 Å². The van der Waals surface area contributed by atoms with Crippen molar-refractivity contribution >= 4 is 17.9 Å². The van der Waals surface area contributed by atoms with Gasteiger partial charge in [0, 0.05) is 12.1 Å². The summed E-state index contributed by atoms with van der Waals surface area (Å²) in [5.41, 5.74) is 2.43. The predicted octanol–water partition coefficient (Wildman–Crippen LogP) is 4.52. The molecular weight excluding hydrogens is 404 g/mol. The van der Waals surface area contributed by atoms with Crippen LogP contribution in [0.15, 0.2) is 65.3 Å². The zero-order valence-corrected chi connectivity index (χ0v) is 18.7. The Balaban J connectivity index is 1.93. The molecule has 164 valence electrons. The van der Waals surface area contributed by atoms with Crippen molar-refractivity contribution in [2.24, 2.45) is 5.92 Å². The Morgan fingerprint density at radius 1 is 1.06 bits per heavy atom. The Labute approximate surface area is 188 Å². The van der Waals surface area contributed by atoms with Crippen LogP contribution in [0.25, 0.3) is 6.08 Å². The standard InChI is InChI=1S/C26H26N2O4/c1-17(2)15-28-25(29)21(18(3)22(14-27)26(28)30)12-20-10-11-23(24(13-20)31-4)32-16-19-8-6-5-7-9-19/h5-13,17H,15-16H2,1-4H3/b21-12+. The van der Waals surface area contributed by atoms with Gasteiger partial charge in [0.15, 0.2) is 11.5 Å². The number of amides is 2. The van der Waals surface area contributed by atoms with Gasteiger partial charge in [-0.05, 0) is 47.8 Å². The number of nitriles is 1. The van der Waals surface area contributed by atoms with E-state index in [1.807, 2.05) is 56.3 Å². The molecule has 2 aromatic rings. The molecule has 6 nitrogen and oxygen atoms in total. The van der Waals surface area contributed by atoms with Crippen LogP contribution in [0, 0.1) is 17.2 Å². The Morgan fingerprint density at radius 3 is 2.41 bits per heavy atom. The smallest absolute Gasteiger partial charge is 0.271 e. The van der Waals surface area contributed by atoms with E-state index < -0.39 is 11.8 Å². The van der Waals surface area contributed by atoms with Crippen LogP contribution in [0.4, 0.5) is 0 Å². The summed E-state index contributed by atoms with van der Waals surface area (Å²) in [5, 5.41) is 9.50. The van der Waals surface area contributed by atoms with Crippen LogP contribution in [-0.2, 0) is 16.2 Å². The van der Waals surface area contributed by atoms with Crippen molar-refractivity contribution in [3.05, 3.63) is 76.4 Å². The molecule has 0 unspecified atom stereocenters. The molecule has 2 aromatic carbocycles. The maximum Gasteiger partial charge on any atom is 0.271 e. The van der Waals surface area contributed by atoms with E-state index in [2.05, 4.69) is 0 Å². The molecule has 1 heterocycles. The number of carbonyl (C=O) groups excluding carboxylic acids is 2. The fraction of sp³-hybridized carbons (Fsp3) is 0.269. The molecule has 0 bridgehead atoms. The van der Waals surface area contributed by atoms with Crippen LogP contribution in [-0.4, -0.2) is 30.4 Å². The number of benzene rings is 2. The lowest BCUT2D eigenvalue weighted by molar-refractivity contribution is -0.141. The second-order valence-corrected chi connectivity index (χ2v) is 7.97. The van der Waals surface area contributed by atoms with E-state index >= 15 is 0 Å². The van der Waals surface area contributed by atoms with Gasteiger partial charge in [0.1, 0.15) is 18.2 Å². The second-order valence-electron chi connectivity index (χ2n) is 7.97. The summed E-state index contributed by atoms with van der Waals surface area (Å²) in [7, 11) is 1.55. The zero-order valence-electron chi connectivity index (χ0n) is 18.7. The van der Waals surface area contributed by atoms with E-state index in [0.717, 1.165) is 10.5 Å². The lowest BCUT2D eigenvalue weighted by Crippen LogP contribution is -2.44. The fourth-order valence-electron chi connectivity index (χ4n) is 3.46. The molecule has 0 saturated heterocycles. The maximum atomic E-state index is 13.1. The molecule has 0 saturated carbocycles. The van der Waals surface area contributed by atoms with Crippen molar-refractivity contribution in [2.75, 3.05) is 13.7 Å². The molecule has 0 N–H and O–H groups in total. The average Bonchev–Trinajstić information content (AvgIpc) is 2.79. The Kier molecular flexibility index (Phi) is 7.11. The van der Waals surface area contributed by atoms with Crippen LogP contribution >= 0.6 is 0 Å². The summed E-state index contributed by atoms with van der Waals surface area (Å²) in [6.07, 6.45) is 1.68. The summed E-state index contributed by atoms with van der Waals surface area (Å²) < 4.78 is 11.4. The van der Waals surface area contributed by atoms with E-state index in [-0.39, 0.29) is 18.0 Å². The van der Waals surface area contributed by atoms with E-state index in [1.54, 1.807) is 32.2 Å². The number of rotatable bonds is 7. The molecule has 0 atom stereocenters. The van der Waals surface area contributed by atoms with Gasteiger partial charge in [0.2, 0.25) is 0 Å². The highest BCUT2D eigenvalue weighted by atomic mass is 16.5. The first-order valence-electron chi connectivity index (χ1n) is 10.4. The topological polar surface area (TPSA) is 79.6 Å². The van der Waals surface area contributed by atoms with E-state index in [4.69, 9.17) is 9.47 Å². The zero-order chi connectivity index (χ0) is 23.3. The molecule has 2 amide bonds. The molecule has 0 aromatic heterocycles. The van der Waals surface area contributed by atoms with Gasteiger partial charge in [-0.25, -0.2) is 0 Å². The lowest BCUT2D eigenvalue weighted by Gasteiger charge is -2.28. The molecule has 0 fully saturated rings. The normalized spacial score (nSPS) is 15.4. The van der Waals surface area contributed by atoms with Crippen LogP contribution in [0.1, 0.15) is 31.9 Å². The Bertz CT molecular complexity index is 1120. The number of ether oxygens (including phenoxy) is 2. The number of imide groups is 1. The molecule has 6 heteroatoms. The van der Waals surface area contributed by atoms with Gasteiger partial charge in [-0.2, -0.15) is 5.26 Å². The average molecular weight is 431 g/mol. The van der Waals surface area contributed by atoms with Gasteiger partial charge in [-0.15, -0.1) is 0 Å². The van der Waals surface area contributed by atoms with Gasteiger partial charge in [-0.1, -0.05) is 50.2 Å². The van der Waals surface area contributed by atoms with Gasteiger partial charge in [0.05, 0.1) is 7.11 Å². The Hall–Kier alpha value is -3.85. The van der Waals surface area contributed by atoms with Crippen LogP contribution in [0.2, 0.25) is 0 Å². The summed E-state index contributed by atoms with van der Waals surface area (Å²) in [6.45, 7) is 6.11. The highest BCUT2D eigenvalue weighted by Crippen LogP contribution is 2.32. The maximum absolute atomic E-state index is 13.1. The number of hydrogen-bond donors (Lipinski definition) is 0. The number of hydrogen-bond acceptors (Lipinski definition) is 5. The van der Waals surface area contributed by atoms with Crippen molar-refractivity contribution in [2.45, 2.75) is 27.4 Å². The molecule has 0 aliphatic carbocycles. The first-order valence-corrected chi connectivity index (χ1v) is 10.4. The molecular formula is C26H26N2O4. The van der Waals surface area contributed by atoms with Crippen LogP contribution in [0.5, 0.6) is 11.5 Å². The van der Waals surface area contributed by atoms with Crippen molar-refractivity contribution in [3.63, 3.8) is 0 Å². The minimum atomic E-state index is -0.539. The number of carbonyl (C=O) groups is 2. The van der Waals surface area contributed by atoms with E-state index in [1.165, 1.54) is 0 Å². The van der Waals surface area contributed by atoms with E-state index in [9.17, 15) is 14.9 Å². The van der Waals surface area contributed by atoms with Crippen LogP contribution in [0.3, 0.4) is 0 Å². The SMILES string of the molecule is COc1cc(/C=C2/C(=O)N(CC(C)C)C(=O)C(C#N)=C2C)ccc1OCc1ccccc1. The molecule has 1 aliphatic rings. The van der Waals surface area contributed by atoms with Gasteiger partial charge in [0.25, 0.3) is 11.8 Å². The molecule has 3 rings (SSSR count). The predicted molar refractivity (Wildman–Crippen MR) is 122 cm³/mol. The van der Waals surface area contributed by atoms with Crippen molar-refractivity contribution in [1.82, 2.24) is 4.90 Å². The molecule has 0 radical (unpaired) electrons. The van der Waals surface area contributed by atoms with E-state index in [0.29, 0.717) is 34.8 Å². The quantitative estimate of drug-likeness (QED) is 0.477. The van der Waals surface area contributed by atoms with Gasteiger partial charge < -0.3 is 9.47 Å². The fourth-order valence-corrected chi connectivity index (χ4v) is 3.46. The summed E-state index contributed by atoms with van der Waals surface area (Å²) >= 11 is 0. The molecule has 0 spiro atoms. The first kappa shape index (κ1) is 22.8. The monoisotopic (exact) mass is 430 g/mol. The summed E-state index contributed by atoms with van der Waals surface area (Å²) in [6, 6.07) is 17.1. The summed E-state index contributed by atoms with van der Waals surface area (Å²) in [5.74, 6) is 0.251. The van der Waals surface area contributed by atoms with Crippen molar-refractivity contribution < 1.29 is 19.1 Å². The first-order chi connectivity index (χ1) is 15.3.